The van der Waals surface area contributed by atoms with E-state index >= 15 is 0 Å². The SMILES string of the molecule is C=Cc1cnc(Cl)cc1OC(C)c1ccc(Cl)cc1Cl. The molecule has 1 unspecified atom stereocenters. The number of aromatic nitrogens is 1. The molecule has 2 aromatic rings. The van der Waals surface area contributed by atoms with Crippen molar-refractivity contribution in [3.8, 4) is 5.75 Å². The van der Waals surface area contributed by atoms with Crippen molar-refractivity contribution in [2.24, 2.45) is 0 Å². The molecule has 1 aromatic heterocycles. The van der Waals surface area contributed by atoms with Crippen LogP contribution >= 0.6 is 34.8 Å². The summed E-state index contributed by atoms with van der Waals surface area (Å²) < 4.78 is 5.90. The van der Waals surface area contributed by atoms with Gasteiger partial charge in [-0.1, -0.05) is 53.5 Å². The molecule has 0 aliphatic heterocycles. The lowest BCUT2D eigenvalue weighted by molar-refractivity contribution is 0.226. The van der Waals surface area contributed by atoms with Gasteiger partial charge in [0.2, 0.25) is 0 Å². The maximum Gasteiger partial charge on any atom is 0.132 e. The number of hydrogen-bond donors (Lipinski definition) is 0. The number of ether oxygens (including phenoxy) is 1. The van der Waals surface area contributed by atoms with Crippen molar-refractivity contribution >= 4 is 40.9 Å². The van der Waals surface area contributed by atoms with Gasteiger partial charge in [0.15, 0.2) is 0 Å². The van der Waals surface area contributed by atoms with E-state index in [0.29, 0.717) is 20.9 Å². The van der Waals surface area contributed by atoms with Crippen LogP contribution in [0.5, 0.6) is 5.75 Å². The van der Waals surface area contributed by atoms with Crippen LogP contribution in [0.3, 0.4) is 0 Å². The maximum absolute atomic E-state index is 6.17. The highest BCUT2D eigenvalue weighted by atomic mass is 35.5. The number of rotatable bonds is 4. The number of pyridine rings is 1. The monoisotopic (exact) mass is 327 g/mol. The molecule has 2 nitrogen and oxygen atoms in total. The van der Waals surface area contributed by atoms with Crippen LogP contribution in [0.4, 0.5) is 0 Å². The van der Waals surface area contributed by atoms with Crippen molar-refractivity contribution in [3.05, 3.63) is 63.4 Å². The molecule has 20 heavy (non-hydrogen) atoms. The molecule has 2 rings (SSSR count). The maximum atomic E-state index is 6.17. The van der Waals surface area contributed by atoms with Gasteiger partial charge < -0.3 is 4.74 Å². The van der Waals surface area contributed by atoms with Gasteiger partial charge in [-0.25, -0.2) is 4.98 Å². The topological polar surface area (TPSA) is 22.1 Å². The third-order valence-corrected chi connectivity index (χ3v) is 3.55. The molecule has 0 N–H and O–H groups in total. The second-order valence-corrected chi connectivity index (χ2v) is 5.41. The zero-order valence-electron chi connectivity index (χ0n) is 10.7. The molecule has 0 saturated carbocycles. The lowest BCUT2D eigenvalue weighted by atomic mass is 10.1. The number of hydrogen-bond acceptors (Lipinski definition) is 2. The first-order chi connectivity index (χ1) is 9.51. The number of nitrogens with zero attached hydrogens (tertiary/aromatic N) is 1. The van der Waals surface area contributed by atoms with Gasteiger partial charge in [0.05, 0.1) is 0 Å². The van der Waals surface area contributed by atoms with Crippen molar-refractivity contribution in [3.63, 3.8) is 0 Å². The van der Waals surface area contributed by atoms with Crippen LogP contribution < -0.4 is 4.74 Å². The van der Waals surface area contributed by atoms with Crippen molar-refractivity contribution in [1.29, 1.82) is 0 Å². The van der Waals surface area contributed by atoms with Gasteiger partial charge in [0, 0.05) is 33.4 Å². The molecule has 0 spiro atoms. The Kier molecular flexibility index (Phi) is 4.92. The summed E-state index contributed by atoms with van der Waals surface area (Å²) in [7, 11) is 0. The Morgan fingerprint density at radius 2 is 2.00 bits per heavy atom. The summed E-state index contributed by atoms with van der Waals surface area (Å²) in [6.07, 6.45) is 3.02. The zero-order valence-corrected chi connectivity index (χ0v) is 13.0. The lowest BCUT2D eigenvalue weighted by Gasteiger charge is -2.18. The smallest absolute Gasteiger partial charge is 0.132 e. The fourth-order valence-corrected chi connectivity index (χ4v) is 2.47. The second kappa shape index (κ2) is 6.49. The molecule has 0 aliphatic rings. The summed E-state index contributed by atoms with van der Waals surface area (Å²) in [5.41, 5.74) is 1.62. The average Bonchev–Trinajstić information content (AvgIpc) is 2.38. The van der Waals surface area contributed by atoms with E-state index in [9.17, 15) is 0 Å². The van der Waals surface area contributed by atoms with Gasteiger partial charge in [-0.15, -0.1) is 0 Å². The first-order valence-electron chi connectivity index (χ1n) is 5.91. The molecule has 1 aromatic carbocycles. The minimum atomic E-state index is -0.253. The molecular formula is C15H12Cl3NO. The van der Waals surface area contributed by atoms with Gasteiger partial charge in [-0.3, -0.25) is 0 Å². The Hall–Kier alpha value is -1.22. The Labute approximate surface area is 133 Å². The summed E-state index contributed by atoms with van der Waals surface area (Å²) in [5, 5.41) is 1.51. The van der Waals surface area contributed by atoms with E-state index in [4.69, 9.17) is 39.5 Å². The molecule has 1 atom stereocenters. The first kappa shape index (κ1) is 15.2. The fourth-order valence-electron chi connectivity index (χ4n) is 1.76. The van der Waals surface area contributed by atoms with Crippen LogP contribution in [0.25, 0.3) is 6.08 Å². The van der Waals surface area contributed by atoms with Crippen molar-refractivity contribution in [1.82, 2.24) is 4.98 Å². The third kappa shape index (κ3) is 3.45. The summed E-state index contributed by atoms with van der Waals surface area (Å²) >= 11 is 17.9. The highest BCUT2D eigenvalue weighted by Gasteiger charge is 2.14. The van der Waals surface area contributed by atoms with Crippen LogP contribution in [0.1, 0.15) is 24.2 Å². The van der Waals surface area contributed by atoms with E-state index in [2.05, 4.69) is 11.6 Å². The number of halogens is 3. The molecular weight excluding hydrogens is 317 g/mol. The highest BCUT2D eigenvalue weighted by Crippen LogP contribution is 2.31. The first-order valence-corrected chi connectivity index (χ1v) is 7.04. The van der Waals surface area contributed by atoms with Gasteiger partial charge in [0.1, 0.15) is 17.0 Å². The van der Waals surface area contributed by atoms with Gasteiger partial charge in [-0.05, 0) is 19.1 Å². The fraction of sp³-hybridized carbons (Fsp3) is 0.133. The van der Waals surface area contributed by atoms with E-state index in [-0.39, 0.29) is 6.10 Å². The summed E-state index contributed by atoms with van der Waals surface area (Å²) in [4.78, 5) is 3.99. The summed E-state index contributed by atoms with van der Waals surface area (Å²) in [6.45, 7) is 5.62. The average molecular weight is 329 g/mol. The molecule has 0 aliphatic carbocycles. The Morgan fingerprint density at radius 1 is 1.25 bits per heavy atom. The van der Waals surface area contributed by atoms with Crippen molar-refractivity contribution in [2.75, 3.05) is 0 Å². The molecule has 0 saturated heterocycles. The van der Waals surface area contributed by atoms with Crippen LogP contribution in [0.15, 0.2) is 37.0 Å². The van der Waals surface area contributed by atoms with E-state index in [1.807, 2.05) is 13.0 Å². The lowest BCUT2D eigenvalue weighted by Crippen LogP contribution is -2.05. The highest BCUT2D eigenvalue weighted by molar-refractivity contribution is 6.35. The largest absolute Gasteiger partial charge is 0.485 e. The minimum absolute atomic E-state index is 0.253. The molecule has 0 fully saturated rings. The predicted octanol–water partition coefficient (Wildman–Crippen LogP) is 5.82. The Balaban J connectivity index is 2.29. The van der Waals surface area contributed by atoms with Gasteiger partial charge >= 0.3 is 0 Å². The number of benzene rings is 1. The Bertz CT molecular complexity index is 643. The quantitative estimate of drug-likeness (QED) is 0.659. The third-order valence-electron chi connectivity index (χ3n) is 2.79. The van der Waals surface area contributed by atoms with Crippen LogP contribution in [0.2, 0.25) is 15.2 Å². The van der Waals surface area contributed by atoms with Crippen LogP contribution in [0, 0.1) is 0 Å². The van der Waals surface area contributed by atoms with E-state index in [0.717, 1.165) is 11.1 Å². The van der Waals surface area contributed by atoms with Crippen LogP contribution in [-0.4, -0.2) is 4.98 Å². The molecule has 0 bridgehead atoms. The van der Waals surface area contributed by atoms with Gasteiger partial charge in [-0.2, -0.15) is 0 Å². The molecule has 104 valence electrons. The molecule has 0 amide bonds. The van der Waals surface area contributed by atoms with Gasteiger partial charge in [0.25, 0.3) is 0 Å². The standard InChI is InChI=1S/C15H12Cl3NO/c1-3-10-8-19-15(18)7-14(10)20-9(2)12-5-4-11(16)6-13(12)17/h3-9H,1H2,2H3. The summed E-state index contributed by atoms with van der Waals surface area (Å²) in [5.74, 6) is 0.610. The predicted molar refractivity (Wildman–Crippen MR) is 84.8 cm³/mol. The normalized spacial score (nSPS) is 12.0. The summed E-state index contributed by atoms with van der Waals surface area (Å²) in [6, 6.07) is 6.95. The van der Waals surface area contributed by atoms with Crippen molar-refractivity contribution in [2.45, 2.75) is 13.0 Å². The van der Waals surface area contributed by atoms with E-state index < -0.39 is 0 Å². The second-order valence-electron chi connectivity index (χ2n) is 4.17. The molecule has 5 heteroatoms. The van der Waals surface area contributed by atoms with Crippen molar-refractivity contribution < 1.29 is 4.74 Å². The van der Waals surface area contributed by atoms with Crippen LogP contribution in [-0.2, 0) is 0 Å². The molecule has 0 radical (unpaired) electrons. The minimum Gasteiger partial charge on any atom is -0.485 e. The zero-order chi connectivity index (χ0) is 14.7. The molecule has 1 heterocycles. The van der Waals surface area contributed by atoms with E-state index in [1.54, 1.807) is 30.5 Å². The van der Waals surface area contributed by atoms with E-state index in [1.165, 1.54) is 0 Å². The Morgan fingerprint density at radius 3 is 2.65 bits per heavy atom.